The lowest BCUT2D eigenvalue weighted by Crippen LogP contribution is -2.46. The molecule has 2 fully saturated rings. The Morgan fingerprint density at radius 2 is 1.38 bits per heavy atom. The highest BCUT2D eigenvalue weighted by molar-refractivity contribution is 6.13. The van der Waals surface area contributed by atoms with Crippen LogP contribution < -0.4 is 0 Å². The van der Waals surface area contributed by atoms with Gasteiger partial charge in [-0.25, -0.2) is 0 Å². The van der Waals surface area contributed by atoms with Crippen molar-refractivity contribution in [2.75, 3.05) is 0 Å². The number of rotatable bonds is 4. The van der Waals surface area contributed by atoms with Gasteiger partial charge in [0.05, 0.1) is 0 Å². The summed E-state index contributed by atoms with van der Waals surface area (Å²) in [4.78, 5) is 25.8. The maximum absolute atomic E-state index is 12.1. The standard InChI is InChI=1S/C18H27NO2/c20-17-11-12-18(21)19(17)16(15-9-5-2-6-10-15)13-14-7-3-1-4-8-14/h11-12,14-16H,1-10,13H2/t16-/m0/s1. The molecule has 116 valence electrons. The molecule has 0 aromatic rings. The molecule has 0 bridgehead atoms. The van der Waals surface area contributed by atoms with E-state index in [9.17, 15) is 9.59 Å². The lowest BCUT2D eigenvalue weighted by molar-refractivity contribution is -0.141. The molecule has 3 rings (SSSR count). The van der Waals surface area contributed by atoms with E-state index in [1.807, 2.05) is 0 Å². The van der Waals surface area contributed by atoms with Crippen LogP contribution in [0.1, 0.15) is 70.6 Å². The molecule has 0 saturated heterocycles. The van der Waals surface area contributed by atoms with Gasteiger partial charge in [0.1, 0.15) is 0 Å². The maximum Gasteiger partial charge on any atom is 0.253 e. The number of hydrogen-bond donors (Lipinski definition) is 0. The summed E-state index contributed by atoms with van der Waals surface area (Å²) >= 11 is 0. The molecule has 0 aromatic carbocycles. The van der Waals surface area contributed by atoms with Gasteiger partial charge in [-0.15, -0.1) is 0 Å². The van der Waals surface area contributed by atoms with Gasteiger partial charge in [-0.1, -0.05) is 51.4 Å². The second kappa shape index (κ2) is 6.76. The van der Waals surface area contributed by atoms with E-state index in [-0.39, 0.29) is 17.9 Å². The van der Waals surface area contributed by atoms with Gasteiger partial charge in [-0.3, -0.25) is 14.5 Å². The summed E-state index contributed by atoms with van der Waals surface area (Å²) in [6, 6.07) is 0.156. The highest BCUT2D eigenvalue weighted by Gasteiger charge is 2.37. The van der Waals surface area contributed by atoms with Crippen LogP contribution in [0.25, 0.3) is 0 Å². The molecule has 3 heteroatoms. The van der Waals surface area contributed by atoms with E-state index >= 15 is 0 Å². The summed E-state index contributed by atoms with van der Waals surface area (Å²) < 4.78 is 0. The second-order valence-corrected chi connectivity index (χ2v) is 7.08. The van der Waals surface area contributed by atoms with Crippen molar-refractivity contribution in [3.05, 3.63) is 12.2 Å². The van der Waals surface area contributed by atoms with Crippen LogP contribution in [-0.4, -0.2) is 22.8 Å². The van der Waals surface area contributed by atoms with Gasteiger partial charge in [0, 0.05) is 18.2 Å². The van der Waals surface area contributed by atoms with E-state index in [2.05, 4.69) is 0 Å². The molecule has 0 aromatic heterocycles. The summed E-state index contributed by atoms with van der Waals surface area (Å²) in [6.07, 6.45) is 16.7. The van der Waals surface area contributed by atoms with Gasteiger partial charge < -0.3 is 0 Å². The van der Waals surface area contributed by atoms with Gasteiger partial charge in [0.15, 0.2) is 0 Å². The van der Waals surface area contributed by atoms with Crippen molar-refractivity contribution < 1.29 is 9.59 Å². The first-order chi connectivity index (χ1) is 10.3. The van der Waals surface area contributed by atoms with Gasteiger partial charge >= 0.3 is 0 Å². The number of amides is 2. The molecule has 0 radical (unpaired) electrons. The first kappa shape index (κ1) is 14.8. The zero-order valence-corrected chi connectivity index (χ0v) is 12.9. The summed E-state index contributed by atoms with van der Waals surface area (Å²) in [5, 5.41) is 0. The minimum absolute atomic E-state index is 0.0774. The molecule has 21 heavy (non-hydrogen) atoms. The zero-order valence-electron chi connectivity index (χ0n) is 12.9. The summed E-state index contributed by atoms with van der Waals surface area (Å²) in [6.45, 7) is 0. The number of carbonyl (C=O) groups is 2. The van der Waals surface area contributed by atoms with Crippen molar-refractivity contribution in [3.8, 4) is 0 Å². The number of carbonyl (C=O) groups excluding carboxylic acids is 2. The Morgan fingerprint density at radius 3 is 1.95 bits per heavy atom. The largest absolute Gasteiger partial charge is 0.272 e. The van der Waals surface area contributed by atoms with Crippen molar-refractivity contribution in [1.29, 1.82) is 0 Å². The SMILES string of the molecule is O=C1C=CC(=O)N1[C@@H](CC1CCCCC1)C1CCCCC1. The van der Waals surface area contributed by atoms with E-state index in [1.165, 1.54) is 76.4 Å². The van der Waals surface area contributed by atoms with Crippen molar-refractivity contribution in [2.24, 2.45) is 11.8 Å². The Balaban J connectivity index is 1.73. The molecule has 3 aliphatic rings. The Labute approximate surface area is 127 Å². The van der Waals surface area contributed by atoms with Gasteiger partial charge in [0.25, 0.3) is 11.8 Å². The molecule has 1 aliphatic heterocycles. The van der Waals surface area contributed by atoms with Crippen molar-refractivity contribution in [1.82, 2.24) is 4.90 Å². The van der Waals surface area contributed by atoms with Gasteiger partial charge in [-0.05, 0) is 31.1 Å². The monoisotopic (exact) mass is 289 g/mol. The number of imide groups is 1. The predicted octanol–water partition coefficient (Wildman–Crippen LogP) is 3.83. The molecule has 1 heterocycles. The number of nitrogens with zero attached hydrogens (tertiary/aromatic N) is 1. The molecule has 0 N–H and O–H groups in total. The molecule has 0 unspecified atom stereocenters. The molecule has 2 saturated carbocycles. The fourth-order valence-corrected chi connectivity index (χ4v) is 4.53. The lowest BCUT2D eigenvalue weighted by atomic mass is 9.76. The fourth-order valence-electron chi connectivity index (χ4n) is 4.53. The average Bonchev–Trinajstić information content (AvgIpc) is 2.86. The van der Waals surface area contributed by atoms with E-state index in [0.717, 1.165) is 6.42 Å². The third-order valence-electron chi connectivity index (χ3n) is 5.67. The first-order valence-electron chi connectivity index (χ1n) is 8.81. The van der Waals surface area contributed by atoms with Gasteiger partial charge in [-0.2, -0.15) is 0 Å². The predicted molar refractivity (Wildman–Crippen MR) is 82.5 cm³/mol. The molecule has 3 nitrogen and oxygen atoms in total. The summed E-state index contributed by atoms with van der Waals surface area (Å²) in [5.41, 5.74) is 0. The first-order valence-corrected chi connectivity index (χ1v) is 8.81. The van der Waals surface area contributed by atoms with E-state index in [4.69, 9.17) is 0 Å². The van der Waals surface area contributed by atoms with Crippen LogP contribution in [-0.2, 0) is 9.59 Å². The Hall–Kier alpha value is -1.12. The third kappa shape index (κ3) is 3.38. The quantitative estimate of drug-likeness (QED) is 0.738. The molecule has 0 spiro atoms. The second-order valence-electron chi connectivity index (χ2n) is 7.08. The summed E-state index contributed by atoms with van der Waals surface area (Å²) in [7, 11) is 0. The van der Waals surface area contributed by atoms with E-state index in [1.54, 1.807) is 4.90 Å². The van der Waals surface area contributed by atoms with E-state index < -0.39 is 0 Å². The summed E-state index contributed by atoms with van der Waals surface area (Å²) in [5.74, 6) is 1.10. The average molecular weight is 289 g/mol. The van der Waals surface area contributed by atoms with Crippen LogP contribution >= 0.6 is 0 Å². The van der Waals surface area contributed by atoms with Gasteiger partial charge in [0.2, 0.25) is 0 Å². The Kier molecular flexibility index (Phi) is 4.77. The van der Waals surface area contributed by atoms with Crippen LogP contribution in [0.2, 0.25) is 0 Å². The van der Waals surface area contributed by atoms with Crippen LogP contribution in [0.5, 0.6) is 0 Å². The highest BCUT2D eigenvalue weighted by atomic mass is 16.2. The Bertz CT molecular complexity index is 399. The Morgan fingerprint density at radius 1 is 0.857 bits per heavy atom. The van der Waals surface area contributed by atoms with Crippen LogP contribution in [0.3, 0.4) is 0 Å². The molecule has 2 amide bonds. The number of hydrogen-bond acceptors (Lipinski definition) is 2. The highest BCUT2D eigenvalue weighted by Crippen LogP contribution is 2.36. The molecular formula is C18H27NO2. The molecular weight excluding hydrogens is 262 g/mol. The topological polar surface area (TPSA) is 37.4 Å². The van der Waals surface area contributed by atoms with Crippen LogP contribution in [0.4, 0.5) is 0 Å². The van der Waals surface area contributed by atoms with E-state index in [0.29, 0.717) is 11.8 Å². The lowest BCUT2D eigenvalue weighted by Gasteiger charge is -2.38. The van der Waals surface area contributed by atoms with Crippen molar-refractivity contribution in [3.63, 3.8) is 0 Å². The van der Waals surface area contributed by atoms with Crippen LogP contribution in [0.15, 0.2) is 12.2 Å². The van der Waals surface area contributed by atoms with Crippen LogP contribution in [0, 0.1) is 11.8 Å². The van der Waals surface area contributed by atoms with Crippen molar-refractivity contribution in [2.45, 2.75) is 76.7 Å². The normalized spacial score (nSPS) is 26.6. The third-order valence-corrected chi connectivity index (χ3v) is 5.67. The van der Waals surface area contributed by atoms with Crippen molar-refractivity contribution >= 4 is 11.8 Å². The molecule has 1 atom stereocenters. The fraction of sp³-hybridized carbons (Fsp3) is 0.778. The minimum Gasteiger partial charge on any atom is -0.272 e. The smallest absolute Gasteiger partial charge is 0.253 e. The zero-order chi connectivity index (χ0) is 14.7. The maximum atomic E-state index is 12.1. The molecule has 2 aliphatic carbocycles. The minimum atomic E-state index is -0.0774.